The highest BCUT2D eigenvalue weighted by Gasteiger charge is 2.39. The van der Waals surface area contributed by atoms with E-state index in [1.165, 1.54) is 20.0 Å². The van der Waals surface area contributed by atoms with Gasteiger partial charge < -0.3 is 31.2 Å². The Bertz CT molecular complexity index is 9060. The first-order valence-corrected chi connectivity index (χ1v) is 49.6. The first-order valence-electron chi connectivity index (χ1n) is 42.4. The molecule has 0 spiro atoms. The molecule has 26 aromatic rings. The van der Waals surface area contributed by atoms with Crippen LogP contribution in [0.3, 0.4) is 0 Å². The lowest BCUT2D eigenvalue weighted by Gasteiger charge is -2.29. The maximum absolute atomic E-state index is 13.2. The minimum Gasteiger partial charge on any atom is -0.493 e. The van der Waals surface area contributed by atoms with E-state index in [0.29, 0.717) is 33.7 Å². The zero-order chi connectivity index (χ0) is 88.9. The molecule has 626 valence electrons. The maximum atomic E-state index is 13.2. The molecule has 0 unspecified atom stereocenters. The van der Waals surface area contributed by atoms with E-state index in [1.807, 2.05) is 180 Å². The number of rotatable bonds is 6. The number of pyridine rings is 6. The largest absolute Gasteiger partial charge is 0.608 e. The van der Waals surface area contributed by atoms with Gasteiger partial charge in [-0.3, -0.25) is 0 Å². The van der Waals surface area contributed by atoms with Crippen molar-refractivity contribution in [2.75, 3.05) is 13.4 Å². The van der Waals surface area contributed by atoms with Gasteiger partial charge in [0.15, 0.2) is 74.9 Å². The highest BCUT2D eigenvalue weighted by atomic mass is 32.2. The van der Waals surface area contributed by atoms with Crippen LogP contribution in [0, 0.1) is 34.6 Å². The van der Waals surface area contributed by atoms with Crippen molar-refractivity contribution in [2.24, 2.45) is 0 Å². The molecule has 0 N–H and O–H groups in total. The van der Waals surface area contributed by atoms with Gasteiger partial charge in [-0.1, -0.05) is 210 Å². The third-order valence-electron chi connectivity index (χ3n) is 25.4. The molecular weight excluding hydrogens is 1670 g/mol. The summed E-state index contributed by atoms with van der Waals surface area (Å²) in [5.74, 6) is -1.47. The van der Waals surface area contributed by atoms with Crippen LogP contribution >= 0.6 is 11.8 Å². The molecule has 0 atom stereocenters. The van der Waals surface area contributed by atoms with E-state index in [-0.39, 0.29) is 28.8 Å². The van der Waals surface area contributed by atoms with Gasteiger partial charge in [-0.2, -0.15) is 28.8 Å². The predicted molar refractivity (Wildman–Crippen MR) is 514 cm³/mol. The van der Waals surface area contributed by atoms with Crippen LogP contribution in [0.15, 0.2) is 358 Å². The first kappa shape index (κ1) is 80.6. The summed E-state index contributed by atoms with van der Waals surface area (Å²) in [4.78, 5) is 75.2. The molecule has 129 heavy (non-hydrogen) atoms. The zero-order valence-corrected chi connectivity index (χ0v) is 75.0. The second-order valence-corrected chi connectivity index (χ2v) is 43.8. The third kappa shape index (κ3) is 13.0. The van der Waals surface area contributed by atoms with Gasteiger partial charge in [0, 0.05) is 89.5 Å². The fourth-order valence-electron chi connectivity index (χ4n) is 19.1. The Morgan fingerprint density at radius 1 is 0.271 bits per heavy atom. The first-order chi connectivity index (χ1) is 62.5. The summed E-state index contributed by atoms with van der Waals surface area (Å²) in [6.07, 6.45) is 7.22. The Morgan fingerprint density at radius 3 is 0.953 bits per heavy atom. The molecule has 0 aliphatic carbocycles. The van der Waals surface area contributed by atoms with Crippen molar-refractivity contribution in [3.8, 4) is 5.75 Å². The van der Waals surface area contributed by atoms with E-state index >= 15 is 0 Å². The van der Waals surface area contributed by atoms with Gasteiger partial charge in [0.1, 0.15) is 13.5 Å². The van der Waals surface area contributed by atoms with Crippen LogP contribution in [-0.2, 0) is 0 Å². The summed E-state index contributed by atoms with van der Waals surface area (Å²) >= 11 is 1.59. The van der Waals surface area contributed by atoms with Crippen molar-refractivity contribution >= 4 is 212 Å². The van der Waals surface area contributed by atoms with E-state index in [9.17, 15) is 28.8 Å². The van der Waals surface area contributed by atoms with Gasteiger partial charge in [-0.05, 0) is 169 Å². The fraction of sp³-hybridized carbons (Fsp3) is 0.103. The number of benzene rings is 14. The van der Waals surface area contributed by atoms with E-state index in [1.54, 1.807) is 59.5 Å². The lowest BCUT2D eigenvalue weighted by atomic mass is 10.0. The van der Waals surface area contributed by atoms with Gasteiger partial charge in [0.2, 0.25) is 33.1 Å². The van der Waals surface area contributed by atoms with Crippen LogP contribution in [-0.4, -0.2) is 29.5 Å². The standard InChI is InChI=1S/C28H22NO2Si.C17H16NO2Si.2C16H12NO2.C15H10NO3.C15H10NO2S/c1-19-13-14-21-16-15-20-17-18-24(27-25(20)26(21)29(19)28(30)31-27)32(2,22-9-5-3-6-10-22)23-11-7-4-8-12-23;1-21(2,3)13-9-8-11-6-7-12-5-4-10-18-15(12)14(11)16(13)20-17(18)19;2*1-9-3-5-11-7-8-12-6-4-10(2)17-14(12)13(11)15(9)19-16(17)18;1-18-11-7-6-9-4-5-10-3-2-8-16-13(10)12(9)14(11)19-15(16)17;1-19-11-7-6-9-4-5-10-3-2-8-16-13(10)12(9)14(11)18-15(16)17/h3-18H,1-2H3;4-10H,1-3H3;2*3-8H,1-2H3;2*2-8H,1H3/q6*+1. The van der Waals surface area contributed by atoms with Gasteiger partial charge in [0.25, 0.3) is 0 Å². The molecule has 12 heterocycles. The van der Waals surface area contributed by atoms with Crippen molar-refractivity contribution in [3.63, 3.8) is 0 Å². The van der Waals surface area contributed by atoms with Gasteiger partial charge in [-0.25, -0.2) is 0 Å². The molecule has 26 rings (SSSR count). The van der Waals surface area contributed by atoms with E-state index in [4.69, 9.17) is 31.2 Å². The average Bonchev–Trinajstić information content (AvgIpc) is 0.706. The van der Waals surface area contributed by atoms with Gasteiger partial charge in [0.05, 0.1) is 47.0 Å². The molecular formula is C107H82N6O13SSi2+6. The van der Waals surface area contributed by atoms with Crippen molar-refractivity contribution in [1.82, 2.24) is 0 Å². The quantitative estimate of drug-likeness (QED) is 0.0498. The van der Waals surface area contributed by atoms with Crippen molar-refractivity contribution in [1.29, 1.82) is 0 Å². The number of nitrogens with zero attached hydrogens (tertiary/aromatic N) is 6. The second kappa shape index (κ2) is 31.0. The minimum absolute atomic E-state index is 0.314. The summed E-state index contributed by atoms with van der Waals surface area (Å²) in [5.41, 5.74) is 14.3. The number of aryl methyl sites for hydroxylation is 5. The van der Waals surface area contributed by atoms with Gasteiger partial charge in [-0.15, -0.1) is 11.8 Å². The van der Waals surface area contributed by atoms with E-state index < -0.39 is 21.9 Å². The minimum atomic E-state index is -2.45. The average molecular weight is 1750 g/mol. The highest BCUT2D eigenvalue weighted by Crippen LogP contribution is 2.38. The predicted octanol–water partition coefficient (Wildman–Crippen LogP) is 16.7. The molecule has 0 aliphatic rings. The number of methoxy groups -OCH3 is 1. The zero-order valence-electron chi connectivity index (χ0n) is 72.2. The molecule has 22 heteroatoms. The number of thioether (sulfide) groups is 1. The highest BCUT2D eigenvalue weighted by molar-refractivity contribution is 7.98. The lowest BCUT2D eigenvalue weighted by molar-refractivity contribution is -0.549. The number of hydrogen-bond acceptors (Lipinski definition) is 14. The van der Waals surface area contributed by atoms with Crippen LogP contribution in [0.1, 0.15) is 28.2 Å². The van der Waals surface area contributed by atoms with Crippen molar-refractivity contribution < 1.29 is 57.6 Å². The topological polar surface area (TPSA) is 215 Å². The Hall–Kier alpha value is -15.5. The van der Waals surface area contributed by atoms with E-state index in [0.717, 1.165) is 174 Å². The Balaban J connectivity index is 0.0000000951. The molecule has 0 aliphatic heterocycles. The Kier molecular flexibility index (Phi) is 19.4. The number of hydrogen-bond donors (Lipinski definition) is 0. The van der Waals surface area contributed by atoms with E-state index in [2.05, 4.69) is 166 Å². The Morgan fingerprint density at radius 2 is 0.558 bits per heavy atom. The van der Waals surface area contributed by atoms with Crippen molar-refractivity contribution in [3.05, 3.63) is 389 Å². The van der Waals surface area contributed by atoms with Crippen molar-refractivity contribution in [2.45, 2.75) is 65.7 Å². The van der Waals surface area contributed by atoms with Gasteiger partial charge >= 0.3 is 34.5 Å². The molecule has 0 saturated carbocycles. The summed E-state index contributed by atoms with van der Waals surface area (Å²) < 4.78 is 48.9. The van der Waals surface area contributed by atoms with Crippen LogP contribution in [0.2, 0.25) is 26.2 Å². The summed E-state index contributed by atoms with van der Waals surface area (Å²) in [6, 6.07) is 94.2. The van der Waals surface area contributed by atoms with Crippen LogP contribution in [0.25, 0.3) is 164 Å². The molecule has 0 saturated heterocycles. The van der Waals surface area contributed by atoms with Crippen LogP contribution < -0.4 is 86.4 Å². The molecule has 0 bridgehead atoms. The third-order valence-corrected chi connectivity index (χ3v) is 32.7. The SMILES string of the molecule is COc1ccc2ccc3ccc[n+]4c(=O)oc1c2c34.CSc1ccc2ccc3ccc[n+]4c(=O)oc1c2c34.C[Si](C)(C)c1ccc2ccc3ccc[n+]4c(=O)oc1c2c34.Cc1ccc2ccc3ccc(C)[n+]4c(=O)oc1c2c34.Cc1ccc2ccc3ccc(C)[n+]4c(=O)oc1c2c34.Cc1ccc2ccc3ccc([Si](C)(c4ccccc4)c4ccccc4)c4oc(=O)[n+]1c2c34. The summed E-state index contributed by atoms with van der Waals surface area (Å²) in [5, 5.41) is 23.7. The fourth-order valence-corrected chi connectivity index (χ4v) is 24.8. The maximum Gasteiger partial charge on any atom is 0.608 e. The molecule has 14 aromatic carbocycles. The monoisotopic (exact) mass is 1750 g/mol. The van der Waals surface area contributed by atoms with Crippen LogP contribution in [0.4, 0.5) is 0 Å². The molecule has 19 nitrogen and oxygen atoms in total. The molecule has 0 amide bonds. The Labute approximate surface area is 738 Å². The lowest BCUT2D eigenvalue weighted by Crippen LogP contribution is -2.65. The molecule has 0 fully saturated rings. The van der Waals surface area contributed by atoms with Crippen LogP contribution in [0.5, 0.6) is 5.75 Å². The molecule has 12 aromatic heterocycles. The second-order valence-electron chi connectivity index (χ2n) is 34.0. The number of aromatic nitrogens is 6. The smallest absolute Gasteiger partial charge is 0.493 e. The summed E-state index contributed by atoms with van der Waals surface area (Å²) in [6.45, 7) is 18.9. The normalized spacial score (nSPS) is 12.1. The number of ether oxygens (including phenoxy) is 1. The summed E-state index contributed by atoms with van der Waals surface area (Å²) in [7, 11) is -2.47. The molecule has 0 radical (unpaired) electrons.